The Morgan fingerprint density at radius 1 is 0.481 bits per heavy atom. The fourth-order valence-electron chi connectivity index (χ4n) is 21.1. The van der Waals surface area contributed by atoms with Crippen LogP contribution < -0.4 is 41.9 Å². The number of sulfonamides is 1. The number of rotatable bonds is 36. The largest absolute Gasteiger partial charge is 0.459 e. The van der Waals surface area contributed by atoms with Gasteiger partial charge in [-0.25, -0.2) is 28.1 Å². The molecule has 133 heavy (non-hydrogen) atoms. The molecule has 6 fully saturated rings. The van der Waals surface area contributed by atoms with Crippen LogP contribution in [0.25, 0.3) is 11.1 Å². The number of aliphatic imine (C=N–C) groups is 3. The molecule has 9 aliphatic rings. The third-order valence-electron chi connectivity index (χ3n) is 28.2. The van der Waals surface area contributed by atoms with E-state index in [9.17, 15) is 27.6 Å². The molecule has 3 aromatic heterocycles. The van der Waals surface area contributed by atoms with Crippen molar-refractivity contribution in [3.8, 4) is 11.1 Å². The van der Waals surface area contributed by atoms with E-state index in [-0.39, 0.29) is 128 Å². The number of unbranched alkanes of at least 4 members (excludes halogenated alkanes) is 1. The number of piperazine rings is 3. The van der Waals surface area contributed by atoms with Crippen LogP contribution in [-0.4, -0.2) is 272 Å². The summed E-state index contributed by atoms with van der Waals surface area (Å²) in [6.07, 6.45) is 14.1. The summed E-state index contributed by atoms with van der Waals surface area (Å²) in [6, 6.07) is 36.6. The molecule has 6 aromatic rings. The van der Waals surface area contributed by atoms with E-state index in [4.69, 9.17) is 29.2 Å². The standard InChI is InChI=1S/C100H142N18O11S4/c1-64(2)105-79-39-37-74(38-40-79)89(97(124)118-51-48-115(63-87(118)94(121)103-60-82-31-22-54-132-82)100-111-88(70(9)127-100)73-23-13-11-14-24-73)107-66(5)55-67(6)112-44-41-71(42-45-112)56-84(106-65(3)4)96(123)117-50-47-114(62-86(117)93(120)102-59-81-30-21-53-131-81)99-109-69(8)91(129-99)77-26-19-25-76(57-77)72-33-35-75(36-34-72)90-68(7)108-98(128-90)113-46-49-116(85(61-113)92(119)101-58-80-29-20-52-130-80)95(122)83(110-78-27-15-12-16-28-78)32-17-18-43-104-133(10,125)126/h11,13-14,19-26,29-31,33-36,52-54,57,64-71,74,78-79,83-91,104-107,110H,12,15-18,27-28,32,37-51,55-56,58-63H2,1-10H3,(H,101,119)(H,102,120)(H,103,121)/t66?,67?,68-,69+,70+,74-,79-,83-,84-,85+,86+,87+,88-,89-,90-,91-/m1/s1. The average Bonchev–Trinajstić information content (AvgIpc) is 1.73. The van der Waals surface area contributed by atoms with Gasteiger partial charge in [0, 0.05) is 96.7 Å². The highest BCUT2D eigenvalue weighted by Gasteiger charge is 2.48. The second-order valence-corrected chi connectivity index (χ2v) is 43.9. The van der Waals surface area contributed by atoms with Gasteiger partial charge in [0.05, 0.1) is 75.7 Å². The lowest BCUT2D eigenvalue weighted by Crippen LogP contribution is -2.65. The number of amidine groups is 3. The Balaban J connectivity index is 0.561. The van der Waals surface area contributed by atoms with Crippen molar-refractivity contribution in [2.24, 2.45) is 26.8 Å². The number of hydrogen-bond donors (Lipinski definition) is 8. The van der Waals surface area contributed by atoms with E-state index in [1.165, 1.54) is 0 Å². The number of carbonyl (C=O) groups is 6. The van der Waals surface area contributed by atoms with E-state index in [0.29, 0.717) is 108 Å². The lowest BCUT2D eigenvalue weighted by Gasteiger charge is -2.44. The minimum Gasteiger partial charge on any atom is -0.459 e. The molecule has 2 aliphatic carbocycles. The van der Waals surface area contributed by atoms with Gasteiger partial charge in [-0.3, -0.25) is 28.8 Å². The minimum atomic E-state index is -3.35. The molecular weight excluding hydrogens is 1760 g/mol. The van der Waals surface area contributed by atoms with Gasteiger partial charge in [0.2, 0.25) is 45.5 Å². The number of likely N-dealkylation sites (tertiary alicyclic amines) is 1. The maximum atomic E-state index is 15.7. The van der Waals surface area contributed by atoms with Crippen LogP contribution in [0.15, 0.2) is 146 Å². The van der Waals surface area contributed by atoms with Crippen LogP contribution in [0.3, 0.4) is 0 Å². The second kappa shape index (κ2) is 46.3. The Hall–Kier alpha value is -8.90. The lowest BCUT2D eigenvalue weighted by molar-refractivity contribution is -0.146. The van der Waals surface area contributed by atoms with Crippen molar-refractivity contribution in [1.82, 2.24) is 76.2 Å². The predicted molar refractivity (Wildman–Crippen MR) is 526 cm³/mol. The molecule has 29 nitrogen and oxygen atoms in total. The van der Waals surface area contributed by atoms with Crippen LogP contribution >= 0.6 is 34.0 Å². The summed E-state index contributed by atoms with van der Waals surface area (Å²) in [5.74, 6) is -0.584. The molecule has 722 valence electrons. The van der Waals surface area contributed by atoms with E-state index in [0.717, 1.165) is 139 Å². The Kier molecular flexibility index (Phi) is 34.3. The summed E-state index contributed by atoms with van der Waals surface area (Å²) in [4.78, 5) is 123. The van der Waals surface area contributed by atoms with Crippen LogP contribution in [0.4, 0.5) is 0 Å². The van der Waals surface area contributed by atoms with Gasteiger partial charge >= 0.3 is 0 Å². The maximum Gasteiger partial charge on any atom is 0.288 e. The number of hydrogen-bond acceptors (Lipinski definition) is 25. The number of ether oxygens (including phenoxy) is 3. The number of nitrogens with one attached hydrogen (secondary N) is 8. The van der Waals surface area contributed by atoms with E-state index in [1.54, 1.807) is 43.8 Å². The van der Waals surface area contributed by atoms with Gasteiger partial charge in [0.1, 0.15) is 42.5 Å². The number of amides is 6. The van der Waals surface area contributed by atoms with Gasteiger partial charge in [-0.1, -0.05) is 144 Å². The third-order valence-corrected chi connectivity index (χ3v) is 31.5. The van der Waals surface area contributed by atoms with E-state index in [2.05, 4.69) is 155 Å². The summed E-state index contributed by atoms with van der Waals surface area (Å²) in [6.45, 7) is 25.1. The molecule has 0 bridgehead atoms. The van der Waals surface area contributed by atoms with E-state index >= 15 is 9.59 Å². The molecule has 3 aromatic carbocycles. The fourth-order valence-corrected chi connectivity index (χ4v) is 23.6. The van der Waals surface area contributed by atoms with Crippen LogP contribution in [0, 0.1) is 11.8 Å². The van der Waals surface area contributed by atoms with Crippen molar-refractivity contribution in [2.75, 3.05) is 84.8 Å². The summed E-state index contributed by atoms with van der Waals surface area (Å²) >= 11 is 4.73. The molecule has 15 rings (SSSR count). The Bertz CT molecular complexity index is 5010. The first-order chi connectivity index (χ1) is 64.2. The predicted octanol–water partition coefficient (Wildman–Crippen LogP) is 11.3. The normalized spacial score (nSPS) is 25.3. The van der Waals surface area contributed by atoms with Gasteiger partial charge < -0.3 is 85.7 Å². The minimum absolute atomic E-state index is 0.00356. The van der Waals surface area contributed by atoms with E-state index in [1.807, 2.05) is 105 Å². The van der Waals surface area contributed by atoms with Crippen LogP contribution in [0.2, 0.25) is 0 Å². The molecule has 14 atom stereocenters. The fraction of sp³-hybridized carbons (Fsp3) is 0.610. The highest BCUT2D eigenvalue weighted by molar-refractivity contribution is 7.88. The number of nitrogens with zero attached hydrogens (tertiary/aromatic N) is 10. The van der Waals surface area contributed by atoms with Gasteiger partial charge in [-0.05, 0) is 205 Å². The van der Waals surface area contributed by atoms with Crippen molar-refractivity contribution in [3.05, 3.63) is 163 Å². The Morgan fingerprint density at radius 2 is 0.992 bits per heavy atom. The second-order valence-electron chi connectivity index (χ2n) is 39.0. The van der Waals surface area contributed by atoms with Crippen LogP contribution in [0.5, 0.6) is 0 Å². The van der Waals surface area contributed by atoms with Gasteiger partial charge in [0.25, 0.3) is 18.1 Å². The highest BCUT2D eigenvalue weighted by Crippen LogP contribution is 2.39. The summed E-state index contributed by atoms with van der Waals surface area (Å²) in [5.41, 5.74) is 4.95. The molecule has 2 saturated carbocycles. The molecule has 7 aliphatic heterocycles. The molecule has 10 heterocycles. The topological polar surface area (TPSA) is 320 Å². The molecule has 2 unspecified atom stereocenters. The molecule has 4 saturated heterocycles. The first kappa shape index (κ1) is 98.6. The molecule has 33 heteroatoms. The van der Waals surface area contributed by atoms with Gasteiger partial charge in [-0.2, -0.15) is 0 Å². The Morgan fingerprint density at radius 3 is 1.51 bits per heavy atom. The third kappa shape index (κ3) is 26.1. The first-order valence-corrected chi connectivity index (χ1v) is 53.5. The quantitative estimate of drug-likeness (QED) is 0.0169. The summed E-state index contributed by atoms with van der Waals surface area (Å²) < 4.78 is 46.5. The monoisotopic (exact) mass is 1900 g/mol. The van der Waals surface area contributed by atoms with Gasteiger partial charge in [0.15, 0.2) is 0 Å². The van der Waals surface area contributed by atoms with Gasteiger partial charge in [-0.15, -0.1) is 34.0 Å². The smallest absolute Gasteiger partial charge is 0.288 e. The SMILES string of the molecule is CC(C)N[C@H](CC1CCN(C(C)CC(C)N[C@@H](C(=O)N2CCN(C3=N[C@@H](c4ccccc4)[C@H](C)O3)C[C@H]2C(=O)NCc2cccs2)[C@H]2CC[C@H](NC(C)C)CC2)CC1)C(=O)N1CCN(C2=N[C@@H](C)[C@H](c3cccc(-c4ccc([C@@H]5OC(N6CCN(C(=O)[C@@H](CCCCNS(C)(=O)=O)NC7CCCCC7)[C@H](C(=O)NCc7cccs7)C6)=N[C@@H]5C)cc4)c3)O2)C[C@H]1C(=O)NCc1cccs1. The van der Waals surface area contributed by atoms with Crippen molar-refractivity contribution < 1.29 is 51.4 Å². The lowest BCUT2D eigenvalue weighted by atomic mass is 9.80. The zero-order chi connectivity index (χ0) is 93.4. The molecule has 0 spiro atoms. The van der Waals surface area contributed by atoms with Crippen molar-refractivity contribution in [2.45, 2.75) is 294 Å². The summed E-state index contributed by atoms with van der Waals surface area (Å²) in [5, 5.41) is 30.7. The number of carbonyl (C=O) groups excluding carboxylic acids is 6. The van der Waals surface area contributed by atoms with Crippen molar-refractivity contribution >= 4 is 97.5 Å². The number of thiophene rings is 3. The van der Waals surface area contributed by atoms with E-state index < -0.39 is 58.5 Å². The molecule has 0 radical (unpaired) electrons. The highest BCUT2D eigenvalue weighted by atomic mass is 32.2. The molecule has 6 amide bonds. The number of benzene rings is 3. The maximum absolute atomic E-state index is 15.7. The Labute approximate surface area is 799 Å². The average molecular weight is 1900 g/mol. The molecule has 8 N–H and O–H groups in total. The summed E-state index contributed by atoms with van der Waals surface area (Å²) in [7, 11) is -3.35. The molecular formula is C100H142N18O11S4. The van der Waals surface area contributed by atoms with Crippen molar-refractivity contribution in [3.63, 3.8) is 0 Å². The van der Waals surface area contributed by atoms with Crippen LogP contribution in [0.1, 0.15) is 215 Å². The zero-order valence-corrected chi connectivity index (χ0v) is 82.5. The first-order valence-electron chi connectivity index (χ1n) is 49.0. The van der Waals surface area contributed by atoms with Crippen LogP contribution in [-0.2, 0) is 72.6 Å². The zero-order valence-electron chi connectivity index (χ0n) is 79.3. The van der Waals surface area contributed by atoms with Crippen molar-refractivity contribution in [1.29, 1.82) is 0 Å². The number of piperidine rings is 1.